The monoisotopic (exact) mass is 246 g/mol. The van der Waals surface area contributed by atoms with Gasteiger partial charge in [0.15, 0.2) is 9.84 Å². The van der Waals surface area contributed by atoms with Gasteiger partial charge in [0, 0.05) is 19.1 Å². The normalized spacial score (nSPS) is 35.3. The third-order valence-electron chi connectivity index (χ3n) is 3.60. The van der Waals surface area contributed by atoms with E-state index in [1.165, 1.54) is 19.5 Å². The number of sulfone groups is 1. The summed E-state index contributed by atoms with van der Waals surface area (Å²) in [4.78, 5) is 2.45. The second kappa shape index (κ2) is 5.02. The fraction of sp³-hybridized carbons (Fsp3) is 1.00. The van der Waals surface area contributed by atoms with Gasteiger partial charge in [0.2, 0.25) is 0 Å². The van der Waals surface area contributed by atoms with Gasteiger partial charge in [-0.1, -0.05) is 6.92 Å². The highest BCUT2D eigenvalue weighted by molar-refractivity contribution is 7.91. The minimum absolute atomic E-state index is 0.176. The SMILES string of the molecule is CC1CCN(CCC2CS(=O)(=O)CCN2)C1. The van der Waals surface area contributed by atoms with Crippen molar-refractivity contribution in [3.63, 3.8) is 0 Å². The number of nitrogens with one attached hydrogen (secondary N) is 1. The number of hydrogen-bond acceptors (Lipinski definition) is 4. The Kier molecular flexibility index (Phi) is 3.87. The van der Waals surface area contributed by atoms with Gasteiger partial charge in [-0.3, -0.25) is 0 Å². The van der Waals surface area contributed by atoms with Crippen molar-refractivity contribution in [1.29, 1.82) is 0 Å². The Bertz CT molecular complexity index is 329. The summed E-state index contributed by atoms with van der Waals surface area (Å²) >= 11 is 0. The van der Waals surface area contributed by atoms with Crippen LogP contribution >= 0.6 is 0 Å². The molecule has 16 heavy (non-hydrogen) atoms. The van der Waals surface area contributed by atoms with Gasteiger partial charge in [0.05, 0.1) is 11.5 Å². The lowest BCUT2D eigenvalue weighted by Gasteiger charge is -2.25. The van der Waals surface area contributed by atoms with E-state index in [0.717, 1.165) is 18.9 Å². The first-order chi connectivity index (χ1) is 7.55. The molecule has 0 radical (unpaired) electrons. The Morgan fingerprint density at radius 2 is 2.25 bits per heavy atom. The first kappa shape index (κ1) is 12.3. The van der Waals surface area contributed by atoms with Crippen LogP contribution in [0.3, 0.4) is 0 Å². The summed E-state index contributed by atoms with van der Waals surface area (Å²) in [6, 6.07) is 0.176. The zero-order valence-electron chi connectivity index (χ0n) is 9.98. The van der Waals surface area contributed by atoms with E-state index in [0.29, 0.717) is 18.1 Å². The number of nitrogens with zero attached hydrogens (tertiary/aromatic N) is 1. The van der Waals surface area contributed by atoms with Crippen LogP contribution in [-0.2, 0) is 9.84 Å². The molecule has 4 nitrogen and oxygen atoms in total. The standard InChI is InChI=1S/C11H22N2O2S/c1-10-2-5-13(8-10)6-3-11-9-16(14,15)7-4-12-11/h10-12H,2-9H2,1H3. The lowest BCUT2D eigenvalue weighted by Crippen LogP contribution is -2.46. The molecule has 0 bridgehead atoms. The second-order valence-electron chi connectivity index (χ2n) is 5.25. The van der Waals surface area contributed by atoms with Gasteiger partial charge in [-0.2, -0.15) is 0 Å². The van der Waals surface area contributed by atoms with Crippen molar-refractivity contribution >= 4 is 9.84 Å². The molecule has 0 spiro atoms. The molecule has 94 valence electrons. The molecule has 2 aliphatic heterocycles. The van der Waals surface area contributed by atoms with Crippen LogP contribution in [0, 0.1) is 5.92 Å². The second-order valence-corrected chi connectivity index (χ2v) is 7.48. The maximum absolute atomic E-state index is 11.5. The summed E-state index contributed by atoms with van der Waals surface area (Å²) in [7, 11) is -2.77. The molecule has 2 fully saturated rings. The van der Waals surface area contributed by atoms with Crippen molar-refractivity contribution in [1.82, 2.24) is 10.2 Å². The predicted octanol–water partition coefficient (Wildman–Crippen LogP) is 0.105. The average molecular weight is 246 g/mol. The van der Waals surface area contributed by atoms with Gasteiger partial charge < -0.3 is 10.2 Å². The molecule has 1 N–H and O–H groups in total. The van der Waals surface area contributed by atoms with Gasteiger partial charge >= 0.3 is 0 Å². The smallest absolute Gasteiger partial charge is 0.153 e. The Morgan fingerprint density at radius 3 is 2.88 bits per heavy atom. The van der Waals surface area contributed by atoms with Crippen molar-refractivity contribution in [3.8, 4) is 0 Å². The lowest BCUT2D eigenvalue weighted by molar-refractivity contribution is 0.305. The van der Waals surface area contributed by atoms with Crippen molar-refractivity contribution < 1.29 is 8.42 Å². The molecule has 5 heteroatoms. The Balaban J connectivity index is 1.73. The van der Waals surface area contributed by atoms with Crippen molar-refractivity contribution in [2.24, 2.45) is 5.92 Å². The van der Waals surface area contributed by atoms with Crippen LogP contribution in [0.25, 0.3) is 0 Å². The first-order valence-electron chi connectivity index (χ1n) is 6.21. The van der Waals surface area contributed by atoms with Gasteiger partial charge in [0.1, 0.15) is 0 Å². The zero-order chi connectivity index (χ0) is 11.6. The molecule has 0 aromatic rings. The number of likely N-dealkylation sites (tertiary alicyclic amines) is 1. The summed E-state index contributed by atoms with van der Waals surface area (Å²) in [5.74, 6) is 1.45. The molecular formula is C11H22N2O2S. The van der Waals surface area contributed by atoms with E-state index >= 15 is 0 Å². The highest BCUT2D eigenvalue weighted by Crippen LogP contribution is 2.16. The molecule has 0 aliphatic carbocycles. The van der Waals surface area contributed by atoms with Crippen LogP contribution in [-0.4, -0.2) is 57.0 Å². The number of hydrogen-bond donors (Lipinski definition) is 1. The summed E-state index contributed by atoms with van der Waals surface area (Å²) in [5.41, 5.74) is 0. The predicted molar refractivity (Wildman–Crippen MR) is 65.3 cm³/mol. The minimum Gasteiger partial charge on any atom is -0.312 e. The van der Waals surface area contributed by atoms with Crippen molar-refractivity contribution in [3.05, 3.63) is 0 Å². The Hall–Kier alpha value is -0.130. The van der Waals surface area contributed by atoms with Crippen LogP contribution in [0.4, 0.5) is 0 Å². The largest absolute Gasteiger partial charge is 0.312 e. The maximum atomic E-state index is 11.5. The van der Waals surface area contributed by atoms with Crippen LogP contribution in [0.2, 0.25) is 0 Å². The number of rotatable bonds is 3. The maximum Gasteiger partial charge on any atom is 0.153 e. The molecule has 0 amide bonds. The van der Waals surface area contributed by atoms with E-state index in [-0.39, 0.29) is 6.04 Å². The van der Waals surface area contributed by atoms with E-state index in [2.05, 4.69) is 17.1 Å². The van der Waals surface area contributed by atoms with E-state index in [4.69, 9.17) is 0 Å². The molecule has 2 aliphatic rings. The quantitative estimate of drug-likeness (QED) is 0.767. The van der Waals surface area contributed by atoms with Crippen LogP contribution in [0.5, 0.6) is 0 Å². The molecule has 0 saturated carbocycles. The zero-order valence-corrected chi connectivity index (χ0v) is 10.8. The summed E-state index contributed by atoms with van der Waals surface area (Å²) in [6.07, 6.45) is 2.25. The lowest BCUT2D eigenvalue weighted by atomic mass is 10.2. The van der Waals surface area contributed by atoms with Crippen molar-refractivity contribution in [2.45, 2.75) is 25.8 Å². The highest BCUT2D eigenvalue weighted by Gasteiger charge is 2.25. The minimum atomic E-state index is -2.77. The van der Waals surface area contributed by atoms with Gasteiger partial charge in [-0.15, -0.1) is 0 Å². The van der Waals surface area contributed by atoms with Crippen molar-refractivity contribution in [2.75, 3.05) is 37.7 Å². The summed E-state index contributed by atoms with van der Waals surface area (Å²) in [6.45, 7) is 6.31. The topological polar surface area (TPSA) is 49.4 Å². The van der Waals surface area contributed by atoms with E-state index in [1.54, 1.807) is 0 Å². The third-order valence-corrected chi connectivity index (χ3v) is 5.34. The third kappa shape index (κ3) is 3.43. The Morgan fingerprint density at radius 1 is 1.44 bits per heavy atom. The molecule has 0 aromatic carbocycles. The fourth-order valence-corrected chi connectivity index (χ4v) is 4.11. The molecular weight excluding hydrogens is 224 g/mol. The van der Waals surface area contributed by atoms with Gasteiger partial charge in [-0.05, 0) is 31.8 Å². The molecule has 2 heterocycles. The average Bonchev–Trinajstić information content (AvgIpc) is 2.60. The highest BCUT2D eigenvalue weighted by atomic mass is 32.2. The van der Waals surface area contributed by atoms with E-state index in [1.807, 2.05) is 0 Å². The fourth-order valence-electron chi connectivity index (χ4n) is 2.62. The molecule has 2 atom stereocenters. The summed E-state index contributed by atoms with van der Waals surface area (Å²) in [5, 5.41) is 3.30. The summed E-state index contributed by atoms with van der Waals surface area (Å²) < 4.78 is 22.9. The Labute approximate surface area is 98.3 Å². The van der Waals surface area contributed by atoms with Crippen LogP contribution in [0.15, 0.2) is 0 Å². The van der Waals surface area contributed by atoms with Gasteiger partial charge in [0.25, 0.3) is 0 Å². The molecule has 2 saturated heterocycles. The molecule has 2 unspecified atom stereocenters. The van der Waals surface area contributed by atoms with Crippen LogP contribution in [0.1, 0.15) is 19.8 Å². The van der Waals surface area contributed by atoms with E-state index in [9.17, 15) is 8.42 Å². The molecule has 0 aromatic heterocycles. The van der Waals surface area contributed by atoms with Gasteiger partial charge in [-0.25, -0.2) is 8.42 Å². The molecule has 2 rings (SSSR count). The first-order valence-corrected chi connectivity index (χ1v) is 8.03. The van der Waals surface area contributed by atoms with Crippen LogP contribution < -0.4 is 5.32 Å². The van der Waals surface area contributed by atoms with E-state index < -0.39 is 9.84 Å².